The molecule has 6 nitrogen and oxygen atoms in total. The second-order valence-electron chi connectivity index (χ2n) is 3.64. The summed E-state index contributed by atoms with van der Waals surface area (Å²) in [6.07, 6.45) is -3.56. The normalized spacial score (nSPS) is 11.6. The van der Waals surface area contributed by atoms with E-state index in [0.717, 1.165) is 16.9 Å². The average Bonchev–Trinajstić information content (AvgIpc) is 2.76. The second-order valence-corrected chi connectivity index (χ2v) is 3.64. The lowest BCUT2D eigenvalue weighted by molar-refractivity contribution is -0.141. The van der Waals surface area contributed by atoms with E-state index in [1.807, 2.05) is 0 Å². The van der Waals surface area contributed by atoms with Crippen LogP contribution in [0.5, 0.6) is 0 Å². The van der Waals surface area contributed by atoms with Gasteiger partial charge < -0.3 is 5.11 Å². The monoisotopic (exact) mass is 272 g/mol. The largest absolute Gasteiger partial charge is 0.477 e. The molecule has 1 N–H and O–H groups in total. The van der Waals surface area contributed by atoms with Gasteiger partial charge in [0.1, 0.15) is 0 Å². The molecule has 0 bridgehead atoms. The van der Waals surface area contributed by atoms with Gasteiger partial charge in [0.15, 0.2) is 11.4 Å². The molecule has 2 heterocycles. The number of aromatic carboxylic acids is 1. The van der Waals surface area contributed by atoms with E-state index in [0.29, 0.717) is 5.69 Å². The Labute approximate surface area is 104 Å². The molecule has 0 aliphatic heterocycles. The minimum Gasteiger partial charge on any atom is -0.477 e. The van der Waals surface area contributed by atoms with Crippen LogP contribution in [-0.4, -0.2) is 30.8 Å². The first-order valence-electron chi connectivity index (χ1n) is 4.99. The highest BCUT2D eigenvalue weighted by Crippen LogP contribution is 2.27. The summed E-state index contributed by atoms with van der Waals surface area (Å²) < 4.78 is 38.0. The molecule has 19 heavy (non-hydrogen) atoms. The summed E-state index contributed by atoms with van der Waals surface area (Å²) in [5, 5.41) is 12.1. The molecule has 2 aromatic rings. The number of aryl methyl sites for hydroxylation is 1. The molecule has 0 aromatic carbocycles. The van der Waals surface area contributed by atoms with Crippen molar-refractivity contribution in [2.75, 3.05) is 0 Å². The number of hydrogen-bond donors (Lipinski definition) is 1. The fraction of sp³-hybridized carbons (Fsp3) is 0.200. The van der Waals surface area contributed by atoms with Gasteiger partial charge in [0, 0.05) is 11.9 Å². The van der Waals surface area contributed by atoms with Crippen molar-refractivity contribution in [2.45, 2.75) is 13.1 Å². The second kappa shape index (κ2) is 4.34. The Balaban J connectivity index is 2.47. The van der Waals surface area contributed by atoms with E-state index < -0.39 is 17.8 Å². The van der Waals surface area contributed by atoms with E-state index in [1.54, 1.807) is 0 Å². The molecule has 2 rings (SSSR count). The Morgan fingerprint density at radius 1 is 1.37 bits per heavy atom. The lowest BCUT2D eigenvalue weighted by atomic mass is 10.3. The van der Waals surface area contributed by atoms with Gasteiger partial charge in [-0.25, -0.2) is 19.4 Å². The lowest BCUT2D eigenvalue weighted by Gasteiger charge is -2.03. The van der Waals surface area contributed by atoms with Crippen LogP contribution in [0.4, 0.5) is 13.2 Å². The predicted molar refractivity (Wildman–Crippen MR) is 55.9 cm³/mol. The molecule has 0 fully saturated rings. The molecule has 100 valence electrons. The number of carboxylic acid groups (broad SMARTS) is 1. The van der Waals surface area contributed by atoms with Crippen LogP contribution in [-0.2, 0) is 6.18 Å². The number of nitrogens with zero attached hydrogens (tertiary/aromatic N) is 4. The first kappa shape index (κ1) is 13.0. The van der Waals surface area contributed by atoms with Crippen LogP contribution in [0.25, 0.3) is 5.95 Å². The van der Waals surface area contributed by atoms with Crippen molar-refractivity contribution in [2.24, 2.45) is 0 Å². The molecule has 0 spiro atoms. The summed E-state index contributed by atoms with van der Waals surface area (Å²) in [4.78, 5) is 18.3. The number of hydrogen-bond acceptors (Lipinski definition) is 4. The van der Waals surface area contributed by atoms with Crippen molar-refractivity contribution in [3.8, 4) is 5.95 Å². The van der Waals surface area contributed by atoms with Gasteiger partial charge in [-0.05, 0) is 19.1 Å². The molecule has 2 aromatic heterocycles. The highest BCUT2D eigenvalue weighted by atomic mass is 19.4. The zero-order chi connectivity index (χ0) is 14.2. The van der Waals surface area contributed by atoms with Gasteiger partial charge in [-0.2, -0.15) is 18.3 Å². The fourth-order valence-electron chi connectivity index (χ4n) is 1.35. The van der Waals surface area contributed by atoms with Crippen molar-refractivity contribution in [1.82, 2.24) is 19.7 Å². The summed E-state index contributed by atoms with van der Waals surface area (Å²) in [6, 6.07) is 1.96. The van der Waals surface area contributed by atoms with E-state index in [1.165, 1.54) is 13.0 Å². The van der Waals surface area contributed by atoms with Crippen LogP contribution in [0.15, 0.2) is 18.3 Å². The Morgan fingerprint density at radius 3 is 2.58 bits per heavy atom. The van der Waals surface area contributed by atoms with Crippen molar-refractivity contribution in [3.05, 3.63) is 35.4 Å². The number of alkyl halides is 3. The SMILES string of the molecule is Cc1cc(C(=O)O)nc(-n2ccc(C(F)(F)F)n2)n1. The minimum absolute atomic E-state index is 0.229. The molecule has 0 aliphatic rings. The maximum atomic E-state index is 12.4. The average molecular weight is 272 g/mol. The summed E-state index contributed by atoms with van der Waals surface area (Å²) in [5.41, 5.74) is -1.10. The van der Waals surface area contributed by atoms with Gasteiger partial charge >= 0.3 is 12.1 Å². The summed E-state index contributed by atoms with van der Waals surface area (Å²) in [7, 11) is 0. The van der Waals surface area contributed by atoms with Crippen LogP contribution in [0, 0.1) is 6.92 Å². The molecule has 0 saturated carbocycles. The maximum Gasteiger partial charge on any atom is 0.435 e. The smallest absolute Gasteiger partial charge is 0.435 e. The van der Waals surface area contributed by atoms with Crippen LogP contribution in [0.1, 0.15) is 21.9 Å². The van der Waals surface area contributed by atoms with Crippen LogP contribution >= 0.6 is 0 Å². The van der Waals surface area contributed by atoms with Gasteiger partial charge in [0.05, 0.1) is 0 Å². The summed E-state index contributed by atoms with van der Waals surface area (Å²) >= 11 is 0. The van der Waals surface area contributed by atoms with E-state index in [2.05, 4.69) is 15.1 Å². The Kier molecular flexibility index (Phi) is 2.97. The van der Waals surface area contributed by atoms with Gasteiger partial charge in [-0.3, -0.25) is 0 Å². The van der Waals surface area contributed by atoms with E-state index in [-0.39, 0.29) is 11.6 Å². The summed E-state index contributed by atoms with van der Waals surface area (Å²) in [6.45, 7) is 1.51. The van der Waals surface area contributed by atoms with E-state index in [4.69, 9.17) is 5.11 Å². The number of aromatic nitrogens is 4. The Morgan fingerprint density at radius 2 is 2.05 bits per heavy atom. The summed E-state index contributed by atoms with van der Waals surface area (Å²) in [5.74, 6) is -1.53. The molecule has 0 unspecified atom stereocenters. The Bertz CT molecular complexity index is 636. The minimum atomic E-state index is -4.58. The molecular weight excluding hydrogens is 265 g/mol. The maximum absolute atomic E-state index is 12.4. The lowest BCUT2D eigenvalue weighted by Crippen LogP contribution is -2.11. The van der Waals surface area contributed by atoms with Crippen LogP contribution in [0.2, 0.25) is 0 Å². The van der Waals surface area contributed by atoms with Gasteiger partial charge in [-0.1, -0.05) is 0 Å². The van der Waals surface area contributed by atoms with Gasteiger partial charge in [0.2, 0.25) is 0 Å². The highest BCUT2D eigenvalue weighted by molar-refractivity contribution is 5.85. The number of carboxylic acids is 1. The first-order valence-corrected chi connectivity index (χ1v) is 4.99. The first-order chi connectivity index (χ1) is 8.77. The molecule has 0 radical (unpaired) electrons. The third-order valence-electron chi connectivity index (χ3n) is 2.15. The molecule has 0 aliphatic carbocycles. The third-order valence-corrected chi connectivity index (χ3v) is 2.15. The zero-order valence-electron chi connectivity index (χ0n) is 9.51. The molecule has 0 saturated heterocycles. The molecule has 0 amide bonds. The Hall–Kier alpha value is -2.45. The van der Waals surface area contributed by atoms with Crippen molar-refractivity contribution in [3.63, 3.8) is 0 Å². The van der Waals surface area contributed by atoms with Crippen molar-refractivity contribution in [1.29, 1.82) is 0 Å². The highest BCUT2D eigenvalue weighted by Gasteiger charge is 2.33. The van der Waals surface area contributed by atoms with Crippen molar-refractivity contribution < 1.29 is 23.1 Å². The van der Waals surface area contributed by atoms with Crippen molar-refractivity contribution >= 4 is 5.97 Å². The molecule has 0 atom stereocenters. The molecular formula is C10H7F3N4O2. The van der Waals surface area contributed by atoms with Crippen LogP contribution in [0.3, 0.4) is 0 Å². The number of carbonyl (C=O) groups is 1. The topological polar surface area (TPSA) is 80.9 Å². The zero-order valence-corrected chi connectivity index (χ0v) is 9.51. The van der Waals surface area contributed by atoms with E-state index in [9.17, 15) is 18.0 Å². The van der Waals surface area contributed by atoms with Gasteiger partial charge in [0.25, 0.3) is 5.95 Å². The van der Waals surface area contributed by atoms with Crippen LogP contribution < -0.4 is 0 Å². The van der Waals surface area contributed by atoms with E-state index >= 15 is 0 Å². The number of rotatable bonds is 2. The third kappa shape index (κ3) is 2.69. The quantitative estimate of drug-likeness (QED) is 0.899. The van der Waals surface area contributed by atoms with Gasteiger partial charge in [-0.15, -0.1) is 0 Å². The number of halogens is 3. The predicted octanol–water partition coefficient (Wildman–Crippen LogP) is 1.69. The molecule has 9 heteroatoms. The fourth-order valence-corrected chi connectivity index (χ4v) is 1.35. The standard InChI is InChI=1S/C10H7F3N4O2/c1-5-4-6(8(18)19)15-9(14-5)17-3-2-7(16-17)10(11,12)13/h2-4H,1H3,(H,18,19).